The van der Waals surface area contributed by atoms with E-state index in [4.69, 9.17) is 0 Å². The molecule has 204 valence electrons. The topological polar surface area (TPSA) is 111 Å². The standard InChI is InChI=1S/C29H38FN5O3/c1-4-25(36)33-27(29(38)35-15-13-34(3)14-16-35)18(2)20-10-12-24(23(30)17-20)32-28(37)26(31)22-11-9-19-7-5-6-8-21(19)22/h5-8,10,12,17-18,22,26-27H,4,9,11,13-16,31H2,1-3H3,(H,32,37)(H,33,36)/p+2/t18-,22+,26-,27+/m0/s1. The third-order valence-electron chi connectivity index (χ3n) is 8.11. The van der Waals surface area contributed by atoms with Gasteiger partial charge in [-0.15, -0.1) is 0 Å². The summed E-state index contributed by atoms with van der Waals surface area (Å²) in [5.41, 5.74) is 7.13. The van der Waals surface area contributed by atoms with E-state index >= 15 is 4.39 Å². The van der Waals surface area contributed by atoms with E-state index in [0.29, 0.717) is 18.7 Å². The Labute approximate surface area is 223 Å². The number of fused-ring (bicyclic) bond motifs is 1. The summed E-state index contributed by atoms with van der Waals surface area (Å²) in [5.74, 6) is -1.75. The van der Waals surface area contributed by atoms with Gasteiger partial charge in [-0.3, -0.25) is 14.4 Å². The molecule has 0 spiro atoms. The van der Waals surface area contributed by atoms with Crippen molar-refractivity contribution in [3.63, 3.8) is 0 Å². The van der Waals surface area contributed by atoms with Crippen molar-refractivity contribution in [2.75, 3.05) is 38.5 Å². The lowest BCUT2D eigenvalue weighted by Crippen LogP contribution is -3.12. The summed E-state index contributed by atoms with van der Waals surface area (Å²) in [4.78, 5) is 41.8. The molecule has 1 aliphatic heterocycles. The van der Waals surface area contributed by atoms with Gasteiger partial charge in [-0.1, -0.05) is 44.2 Å². The summed E-state index contributed by atoms with van der Waals surface area (Å²) in [6.07, 6.45) is 2.00. The maximum absolute atomic E-state index is 15.2. The van der Waals surface area contributed by atoms with E-state index in [1.165, 1.54) is 22.6 Å². The molecule has 2 aromatic carbocycles. The number of likely N-dealkylation sites (N-methyl/N-ethyl adjacent to an activating group) is 1. The molecule has 0 radical (unpaired) electrons. The molecule has 1 saturated heterocycles. The molecule has 8 nitrogen and oxygen atoms in total. The van der Waals surface area contributed by atoms with Crippen LogP contribution in [0.15, 0.2) is 42.5 Å². The first-order valence-corrected chi connectivity index (χ1v) is 13.6. The highest BCUT2D eigenvalue weighted by molar-refractivity contribution is 5.94. The van der Waals surface area contributed by atoms with Gasteiger partial charge in [0.1, 0.15) is 11.9 Å². The molecule has 0 unspecified atom stereocenters. The minimum atomic E-state index is -0.799. The van der Waals surface area contributed by atoms with Gasteiger partial charge in [0.2, 0.25) is 11.8 Å². The van der Waals surface area contributed by atoms with Gasteiger partial charge < -0.3 is 26.2 Å². The summed E-state index contributed by atoms with van der Waals surface area (Å²) in [7, 11) is 2.09. The Morgan fingerprint density at radius 1 is 1.16 bits per heavy atom. The number of benzene rings is 2. The zero-order valence-electron chi connectivity index (χ0n) is 22.6. The van der Waals surface area contributed by atoms with Crippen LogP contribution in [0.4, 0.5) is 10.1 Å². The van der Waals surface area contributed by atoms with Crippen LogP contribution in [0.3, 0.4) is 0 Å². The van der Waals surface area contributed by atoms with Crippen molar-refractivity contribution >= 4 is 23.4 Å². The van der Waals surface area contributed by atoms with E-state index in [1.54, 1.807) is 17.9 Å². The fourth-order valence-corrected chi connectivity index (χ4v) is 5.51. The van der Waals surface area contributed by atoms with Crippen molar-refractivity contribution in [3.05, 3.63) is 65.0 Å². The molecule has 0 aromatic heterocycles. The van der Waals surface area contributed by atoms with Gasteiger partial charge >= 0.3 is 0 Å². The molecule has 2 aliphatic rings. The summed E-state index contributed by atoms with van der Waals surface area (Å²) in [6, 6.07) is 11.3. The number of nitrogens with one attached hydrogen (secondary N) is 3. The van der Waals surface area contributed by atoms with Crippen LogP contribution >= 0.6 is 0 Å². The third-order valence-corrected chi connectivity index (χ3v) is 8.11. The Hall–Kier alpha value is -3.30. The van der Waals surface area contributed by atoms with Crippen LogP contribution in [-0.2, 0) is 20.8 Å². The molecule has 4 atom stereocenters. The van der Waals surface area contributed by atoms with Crippen molar-refractivity contribution < 1.29 is 29.4 Å². The number of nitrogens with zero attached hydrogens (tertiary/aromatic N) is 1. The molecule has 9 heteroatoms. The largest absolute Gasteiger partial charge is 0.347 e. The fraction of sp³-hybridized carbons (Fsp3) is 0.483. The van der Waals surface area contributed by atoms with Crippen LogP contribution in [-0.4, -0.2) is 67.9 Å². The highest BCUT2D eigenvalue weighted by Gasteiger charge is 2.36. The quantitative estimate of drug-likeness (QED) is 0.402. The lowest BCUT2D eigenvalue weighted by molar-refractivity contribution is -0.883. The number of anilines is 1. The molecule has 6 N–H and O–H groups in total. The molecule has 1 aliphatic carbocycles. The van der Waals surface area contributed by atoms with E-state index in [2.05, 4.69) is 29.5 Å². The van der Waals surface area contributed by atoms with E-state index in [-0.39, 0.29) is 35.7 Å². The summed E-state index contributed by atoms with van der Waals surface area (Å²) < 4.78 is 15.2. The monoisotopic (exact) mass is 525 g/mol. The minimum Gasteiger partial charge on any atom is -0.347 e. The van der Waals surface area contributed by atoms with Crippen molar-refractivity contribution in [2.24, 2.45) is 0 Å². The first-order chi connectivity index (χ1) is 18.2. The predicted molar refractivity (Wildman–Crippen MR) is 143 cm³/mol. The molecule has 4 rings (SSSR count). The van der Waals surface area contributed by atoms with E-state index < -0.39 is 23.8 Å². The van der Waals surface area contributed by atoms with Gasteiger partial charge in [0.15, 0.2) is 6.04 Å². The molecule has 38 heavy (non-hydrogen) atoms. The zero-order chi connectivity index (χ0) is 27.4. The SMILES string of the molecule is CCC(=O)N[C@@H](C(=O)N1CC[NH+](C)CC1)[C@@H](C)c1ccc(NC(=O)[C@@H]([NH3+])[C@@H]2CCc3ccccc32)c(F)c1. The van der Waals surface area contributed by atoms with E-state index in [1.807, 2.05) is 25.1 Å². The average Bonchev–Trinajstić information content (AvgIpc) is 3.36. The van der Waals surface area contributed by atoms with Crippen LogP contribution in [0.5, 0.6) is 0 Å². The van der Waals surface area contributed by atoms with E-state index in [0.717, 1.165) is 31.5 Å². The van der Waals surface area contributed by atoms with Crippen LogP contribution in [0.1, 0.15) is 55.2 Å². The summed E-state index contributed by atoms with van der Waals surface area (Å²) in [5, 5.41) is 5.57. The van der Waals surface area contributed by atoms with Gasteiger partial charge in [-0.25, -0.2) is 4.39 Å². The predicted octanol–water partition coefficient (Wildman–Crippen LogP) is 0.460. The Morgan fingerprint density at radius 2 is 1.87 bits per heavy atom. The molecule has 3 amide bonds. The van der Waals surface area contributed by atoms with Crippen molar-refractivity contribution in [2.45, 2.75) is 57.0 Å². The number of halogens is 1. The molecule has 0 bridgehead atoms. The lowest BCUT2D eigenvalue weighted by atomic mass is 9.91. The molecule has 1 fully saturated rings. The van der Waals surface area contributed by atoms with Crippen molar-refractivity contribution in [3.8, 4) is 0 Å². The van der Waals surface area contributed by atoms with Gasteiger partial charge in [-0.05, 0) is 41.7 Å². The molecule has 0 saturated carbocycles. The highest BCUT2D eigenvalue weighted by atomic mass is 19.1. The minimum absolute atomic E-state index is 0.00122. The fourth-order valence-electron chi connectivity index (χ4n) is 5.51. The number of carbonyl (C=O) groups excluding carboxylic acids is 3. The second-order valence-electron chi connectivity index (χ2n) is 10.6. The molecule has 2 aromatic rings. The van der Waals surface area contributed by atoms with Crippen LogP contribution in [0.2, 0.25) is 0 Å². The second kappa shape index (κ2) is 12.0. The molecular formula is C29H40FN5O3+2. The normalized spacial score (nSPS) is 19.8. The first-order valence-electron chi connectivity index (χ1n) is 13.6. The molecule has 1 heterocycles. The second-order valence-corrected chi connectivity index (χ2v) is 10.6. The smallest absolute Gasteiger partial charge is 0.283 e. The van der Waals surface area contributed by atoms with Crippen molar-refractivity contribution in [1.82, 2.24) is 10.2 Å². The first kappa shape index (κ1) is 27.7. The van der Waals surface area contributed by atoms with Crippen LogP contribution < -0.4 is 21.3 Å². The Balaban J connectivity index is 1.47. The number of hydrogen-bond acceptors (Lipinski definition) is 3. The number of rotatable bonds is 8. The van der Waals surface area contributed by atoms with Gasteiger partial charge in [-0.2, -0.15) is 0 Å². The Morgan fingerprint density at radius 3 is 2.55 bits per heavy atom. The average molecular weight is 526 g/mol. The third kappa shape index (κ3) is 6.05. The summed E-state index contributed by atoms with van der Waals surface area (Å²) in [6.45, 7) is 6.47. The maximum atomic E-state index is 15.2. The summed E-state index contributed by atoms with van der Waals surface area (Å²) >= 11 is 0. The maximum Gasteiger partial charge on any atom is 0.283 e. The number of quaternary nitrogens is 2. The lowest BCUT2D eigenvalue weighted by Gasteiger charge is -2.34. The number of amides is 3. The van der Waals surface area contributed by atoms with Gasteiger partial charge in [0, 0.05) is 18.3 Å². The Kier molecular flexibility index (Phi) is 8.79. The molecular weight excluding hydrogens is 485 g/mol. The van der Waals surface area contributed by atoms with Crippen LogP contribution in [0.25, 0.3) is 0 Å². The number of hydrogen-bond donors (Lipinski definition) is 4. The van der Waals surface area contributed by atoms with Gasteiger partial charge in [0.05, 0.1) is 38.9 Å². The number of carbonyl (C=O) groups is 3. The van der Waals surface area contributed by atoms with Crippen molar-refractivity contribution in [1.29, 1.82) is 0 Å². The highest BCUT2D eigenvalue weighted by Crippen LogP contribution is 2.34. The van der Waals surface area contributed by atoms with Crippen LogP contribution in [0, 0.1) is 5.82 Å². The van der Waals surface area contributed by atoms with E-state index in [9.17, 15) is 14.4 Å². The Bertz CT molecular complexity index is 1180. The van der Waals surface area contributed by atoms with Gasteiger partial charge in [0.25, 0.3) is 5.91 Å². The number of piperazine rings is 1. The number of aryl methyl sites for hydroxylation is 1. The zero-order valence-corrected chi connectivity index (χ0v) is 22.6.